The molecule has 0 unspecified atom stereocenters. The third kappa shape index (κ3) is 4.67. The predicted octanol–water partition coefficient (Wildman–Crippen LogP) is 11.5. The second kappa shape index (κ2) is 11.4. The molecular formula is C45H28N4O. The molecule has 0 amide bonds. The van der Waals surface area contributed by atoms with Gasteiger partial charge in [0.05, 0.1) is 17.9 Å². The van der Waals surface area contributed by atoms with Crippen LogP contribution in [0.3, 0.4) is 0 Å². The molecular weight excluding hydrogens is 613 g/mol. The normalized spacial score (nSPS) is 13.0. The van der Waals surface area contributed by atoms with Crippen LogP contribution in [-0.4, -0.2) is 19.5 Å². The zero-order chi connectivity index (χ0) is 37.4. The maximum absolute atomic E-state index is 8.60. The molecule has 50 heavy (non-hydrogen) atoms. The molecule has 0 aliphatic carbocycles. The highest BCUT2D eigenvalue weighted by Crippen LogP contribution is 2.38. The van der Waals surface area contributed by atoms with Crippen LogP contribution in [0.1, 0.15) is 6.85 Å². The number of aromatic nitrogens is 4. The van der Waals surface area contributed by atoms with Crippen molar-refractivity contribution in [1.82, 2.24) is 19.5 Å². The van der Waals surface area contributed by atoms with Gasteiger partial charge in [-0.3, -0.25) is 0 Å². The summed E-state index contributed by atoms with van der Waals surface area (Å²) in [5.74, 6) is 0.575. The van der Waals surface area contributed by atoms with E-state index in [-0.39, 0.29) is 29.3 Å². The van der Waals surface area contributed by atoms with E-state index in [2.05, 4.69) is 99.5 Å². The van der Waals surface area contributed by atoms with Crippen molar-refractivity contribution in [3.05, 3.63) is 170 Å². The van der Waals surface area contributed by atoms with Gasteiger partial charge in [-0.2, -0.15) is 0 Å². The summed E-state index contributed by atoms with van der Waals surface area (Å²) in [6.07, 6.45) is 0. The Labute approximate surface area is 294 Å². The molecule has 0 aliphatic rings. The Bertz CT molecular complexity index is 3130. The van der Waals surface area contributed by atoms with Crippen molar-refractivity contribution in [3.8, 4) is 51.0 Å². The van der Waals surface area contributed by atoms with E-state index in [0.29, 0.717) is 22.5 Å². The van der Waals surface area contributed by atoms with Crippen molar-refractivity contribution in [1.29, 1.82) is 0 Å². The predicted molar refractivity (Wildman–Crippen MR) is 203 cm³/mol. The quantitative estimate of drug-likeness (QED) is 0.187. The van der Waals surface area contributed by atoms with Gasteiger partial charge in [0.15, 0.2) is 17.5 Å². The van der Waals surface area contributed by atoms with Gasteiger partial charge < -0.3 is 8.98 Å². The Morgan fingerprint density at radius 3 is 1.74 bits per heavy atom. The maximum Gasteiger partial charge on any atom is 0.164 e. The summed E-state index contributed by atoms with van der Waals surface area (Å²) in [6.45, 7) is 0. The van der Waals surface area contributed by atoms with Crippen LogP contribution in [0.15, 0.2) is 174 Å². The van der Waals surface area contributed by atoms with E-state index in [1.54, 1.807) is 0 Å². The third-order valence-corrected chi connectivity index (χ3v) is 9.14. The van der Waals surface area contributed by atoms with Gasteiger partial charge in [0, 0.05) is 43.9 Å². The lowest BCUT2D eigenvalue weighted by Crippen LogP contribution is -2.00. The van der Waals surface area contributed by atoms with Crippen LogP contribution in [0.25, 0.3) is 94.7 Å². The zero-order valence-electron chi connectivity index (χ0n) is 31.5. The van der Waals surface area contributed by atoms with Crippen LogP contribution in [0.2, 0.25) is 0 Å². The fraction of sp³-hybridized carbons (Fsp3) is 0. The van der Waals surface area contributed by atoms with Crippen molar-refractivity contribution < 1.29 is 11.3 Å². The summed E-state index contributed by atoms with van der Waals surface area (Å²) >= 11 is 0. The average Bonchev–Trinajstić information content (AvgIpc) is 3.77. The molecule has 0 saturated heterocycles. The van der Waals surface area contributed by atoms with E-state index in [4.69, 9.17) is 16.3 Å². The monoisotopic (exact) mass is 645 g/mol. The van der Waals surface area contributed by atoms with Crippen molar-refractivity contribution >= 4 is 43.7 Å². The van der Waals surface area contributed by atoms with Gasteiger partial charge in [-0.1, -0.05) is 115 Å². The van der Waals surface area contributed by atoms with Crippen LogP contribution in [0, 0.1) is 0 Å². The lowest BCUT2D eigenvalue weighted by molar-refractivity contribution is 0.669. The maximum atomic E-state index is 8.60. The van der Waals surface area contributed by atoms with E-state index in [1.807, 2.05) is 54.6 Å². The molecule has 0 bridgehead atoms. The van der Waals surface area contributed by atoms with Crippen LogP contribution < -0.4 is 0 Å². The molecule has 7 aromatic carbocycles. The minimum atomic E-state index is -0.481. The summed E-state index contributed by atoms with van der Waals surface area (Å²) in [5, 5.41) is 4.24. The third-order valence-electron chi connectivity index (χ3n) is 9.14. The van der Waals surface area contributed by atoms with E-state index in [0.717, 1.165) is 44.2 Å². The molecule has 0 aliphatic heterocycles. The minimum Gasteiger partial charge on any atom is -0.456 e. The highest BCUT2D eigenvalue weighted by Gasteiger charge is 2.16. The van der Waals surface area contributed by atoms with Gasteiger partial charge >= 0.3 is 0 Å². The Morgan fingerprint density at radius 1 is 0.420 bits per heavy atom. The van der Waals surface area contributed by atoms with E-state index in [1.165, 1.54) is 10.8 Å². The number of furan rings is 1. The molecule has 5 nitrogen and oxygen atoms in total. The van der Waals surface area contributed by atoms with Gasteiger partial charge in [-0.15, -0.1) is 0 Å². The van der Waals surface area contributed by atoms with Crippen LogP contribution in [-0.2, 0) is 0 Å². The molecule has 0 spiro atoms. The Hall–Kier alpha value is -6.85. The Morgan fingerprint density at radius 2 is 0.980 bits per heavy atom. The highest BCUT2D eigenvalue weighted by molar-refractivity contribution is 6.11. The van der Waals surface area contributed by atoms with E-state index >= 15 is 0 Å². The summed E-state index contributed by atoms with van der Waals surface area (Å²) in [4.78, 5) is 14.1. The number of fused-ring (bicyclic) bond motifs is 6. The molecule has 10 aromatic rings. The standard InChI is InChI=1S/C45H28N4O/c1-4-12-29(13-5-1)43-46-44(30-14-6-2-7-15-30)48-45(47-43)33-21-24-37-36-23-20-32(27-41(36)50-42(37)28-33)31-22-25-40-38(26-31)35-18-10-11-19-39(35)49(40)34-16-8-3-9-17-34/h1-28H/i1D,4D,5D,12D,13D. The number of rotatable bonds is 5. The molecule has 234 valence electrons. The lowest BCUT2D eigenvalue weighted by Gasteiger charge is -2.08. The van der Waals surface area contributed by atoms with Gasteiger partial charge in [0.2, 0.25) is 0 Å². The first kappa shape index (κ1) is 23.5. The molecule has 0 N–H and O–H groups in total. The van der Waals surface area contributed by atoms with Crippen LogP contribution in [0.4, 0.5) is 0 Å². The highest BCUT2D eigenvalue weighted by atomic mass is 16.3. The Kier molecular flexibility index (Phi) is 5.35. The zero-order valence-corrected chi connectivity index (χ0v) is 26.5. The minimum absolute atomic E-state index is 0.0148. The fourth-order valence-corrected chi connectivity index (χ4v) is 6.80. The van der Waals surface area contributed by atoms with E-state index < -0.39 is 18.1 Å². The molecule has 10 rings (SSSR count). The molecule has 0 saturated carbocycles. The molecule has 3 aromatic heterocycles. The topological polar surface area (TPSA) is 56.7 Å². The van der Waals surface area contributed by atoms with Crippen molar-refractivity contribution in [2.75, 3.05) is 0 Å². The van der Waals surface area contributed by atoms with Gasteiger partial charge in [-0.25, -0.2) is 15.0 Å². The average molecular weight is 646 g/mol. The van der Waals surface area contributed by atoms with Gasteiger partial charge in [-0.05, 0) is 65.7 Å². The first-order valence-electron chi connectivity index (χ1n) is 18.8. The second-order valence-electron chi connectivity index (χ2n) is 12.1. The smallest absolute Gasteiger partial charge is 0.164 e. The van der Waals surface area contributed by atoms with Crippen LogP contribution in [0.5, 0.6) is 0 Å². The van der Waals surface area contributed by atoms with E-state index in [9.17, 15) is 0 Å². The number of hydrogen-bond donors (Lipinski definition) is 0. The SMILES string of the molecule is [2H]c1c([2H])c([2H])c(-c2nc(-c3ccccc3)nc(-c3ccc4c(c3)oc3cc(-c5ccc6c(c5)c5ccccc5n6-c5ccccc5)ccc34)n2)c([2H])c1[2H]. The van der Waals surface area contributed by atoms with Crippen molar-refractivity contribution in [2.45, 2.75) is 0 Å². The number of para-hydroxylation sites is 2. The molecule has 3 heterocycles. The molecule has 0 fully saturated rings. The number of nitrogens with zero attached hydrogens (tertiary/aromatic N) is 4. The summed E-state index contributed by atoms with van der Waals surface area (Å²) in [7, 11) is 0. The van der Waals surface area contributed by atoms with Crippen LogP contribution >= 0.6 is 0 Å². The fourth-order valence-electron chi connectivity index (χ4n) is 6.80. The summed E-state index contributed by atoms with van der Waals surface area (Å²) in [5.41, 5.74) is 8.10. The van der Waals surface area contributed by atoms with Gasteiger partial charge in [0.25, 0.3) is 0 Å². The summed E-state index contributed by atoms with van der Waals surface area (Å²) in [6, 6.07) is 44.6. The molecule has 0 atom stereocenters. The lowest BCUT2D eigenvalue weighted by atomic mass is 10.0. The first-order chi connectivity index (χ1) is 26.8. The largest absolute Gasteiger partial charge is 0.456 e. The van der Waals surface area contributed by atoms with Crippen molar-refractivity contribution in [3.63, 3.8) is 0 Å². The van der Waals surface area contributed by atoms with Gasteiger partial charge in [0.1, 0.15) is 11.2 Å². The Balaban J connectivity index is 1.09. The molecule has 0 radical (unpaired) electrons. The molecule has 5 heteroatoms. The first-order valence-corrected chi connectivity index (χ1v) is 16.3. The van der Waals surface area contributed by atoms with Crippen molar-refractivity contribution in [2.24, 2.45) is 0 Å². The second-order valence-corrected chi connectivity index (χ2v) is 12.1. The number of benzene rings is 7. The summed E-state index contributed by atoms with van der Waals surface area (Å²) < 4.78 is 50.5. The number of hydrogen-bond acceptors (Lipinski definition) is 4.